The van der Waals surface area contributed by atoms with Crippen molar-refractivity contribution in [3.05, 3.63) is 11.4 Å². The van der Waals surface area contributed by atoms with E-state index in [1.54, 1.807) is 11.8 Å². The molecule has 1 N–H and O–H groups in total. The van der Waals surface area contributed by atoms with Gasteiger partial charge in [0.2, 0.25) is 5.91 Å². The minimum Gasteiger partial charge on any atom is -0.390 e. The van der Waals surface area contributed by atoms with E-state index in [2.05, 4.69) is 33.8 Å². The summed E-state index contributed by atoms with van der Waals surface area (Å²) >= 11 is 0. The minimum absolute atomic E-state index is 0.0150. The van der Waals surface area contributed by atoms with Crippen LogP contribution in [0.25, 0.3) is 0 Å². The molecule has 0 unspecified atom stereocenters. The van der Waals surface area contributed by atoms with Crippen molar-refractivity contribution >= 4 is 5.91 Å². The van der Waals surface area contributed by atoms with Gasteiger partial charge in [-0.1, -0.05) is 30.1 Å². The summed E-state index contributed by atoms with van der Waals surface area (Å²) in [5.41, 5.74) is 0.458. The van der Waals surface area contributed by atoms with Crippen LogP contribution in [0.4, 0.5) is 0 Å². The average molecular weight is 364 g/mol. The Morgan fingerprint density at radius 3 is 2.77 bits per heavy atom. The lowest BCUT2D eigenvalue weighted by atomic mass is 9.67. The Labute approximate surface area is 155 Å². The van der Waals surface area contributed by atoms with Gasteiger partial charge in [0.25, 0.3) is 0 Å². The number of rotatable bonds is 4. The van der Waals surface area contributed by atoms with Crippen molar-refractivity contribution in [3.63, 3.8) is 0 Å². The molecule has 7 nitrogen and oxygen atoms in total. The number of carbonyl (C=O) groups excluding carboxylic acids is 1. The first kappa shape index (κ1) is 19.3. The van der Waals surface area contributed by atoms with Crippen molar-refractivity contribution in [3.8, 4) is 0 Å². The molecule has 1 aromatic rings. The molecule has 1 aliphatic carbocycles. The van der Waals surface area contributed by atoms with Crippen LogP contribution in [0.15, 0.2) is 4.63 Å². The van der Waals surface area contributed by atoms with Crippen LogP contribution in [-0.4, -0.2) is 69.5 Å². The van der Waals surface area contributed by atoms with Crippen LogP contribution in [0.3, 0.4) is 0 Å². The van der Waals surface area contributed by atoms with Crippen LogP contribution in [0.1, 0.15) is 57.3 Å². The molecule has 0 aromatic carbocycles. The number of likely N-dealkylation sites (N-methyl/N-ethyl adjacent to an activating group) is 2. The fourth-order valence-electron chi connectivity index (χ4n) is 4.97. The molecule has 0 spiro atoms. The lowest BCUT2D eigenvalue weighted by Crippen LogP contribution is -2.50. The first-order valence-corrected chi connectivity index (χ1v) is 9.62. The number of aromatic nitrogens is 2. The van der Waals surface area contributed by atoms with Gasteiger partial charge in [-0.15, -0.1) is 0 Å². The van der Waals surface area contributed by atoms with Crippen LogP contribution in [0.2, 0.25) is 0 Å². The molecule has 2 aliphatic rings. The lowest BCUT2D eigenvalue weighted by Gasteiger charge is -2.43. The molecule has 1 aliphatic heterocycles. The fourth-order valence-corrected chi connectivity index (χ4v) is 4.97. The molecular formula is C19H32N4O3. The van der Waals surface area contributed by atoms with E-state index < -0.39 is 5.60 Å². The van der Waals surface area contributed by atoms with Gasteiger partial charge in [-0.05, 0) is 40.2 Å². The first-order chi connectivity index (χ1) is 12.2. The molecule has 3 rings (SSSR count). The van der Waals surface area contributed by atoms with Gasteiger partial charge in [-0.2, -0.15) is 0 Å². The predicted octanol–water partition coefficient (Wildman–Crippen LogP) is 1.78. The van der Waals surface area contributed by atoms with E-state index in [-0.39, 0.29) is 23.8 Å². The van der Waals surface area contributed by atoms with Gasteiger partial charge in [0.05, 0.1) is 12.0 Å². The molecule has 7 heteroatoms. The van der Waals surface area contributed by atoms with E-state index in [0.29, 0.717) is 24.0 Å². The Kier molecular flexibility index (Phi) is 5.14. The second-order valence-corrected chi connectivity index (χ2v) is 8.72. The summed E-state index contributed by atoms with van der Waals surface area (Å²) in [5.74, 6) is 0.0150. The Hall–Kier alpha value is -1.47. The summed E-state index contributed by atoms with van der Waals surface area (Å²) in [7, 11) is 3.99. The maximum atomic E-state index is 12.6. The molecular weight excluding hydrogens is 332 g/mol. The highest BCUT2D eigenvalue weighted by atomic mass is 16.6. The highest BCUT2D eigenvalue weighted by Crippen LogP contribution is 2.52. The Morgan fingerprint density at radius 1 is 1.38 bits per heavy atom. The molecule has 4 atom stereocenters. The Morgan fingerprint density at radius 2 is 2.12 bits per heavy atom. The fraction of sp³-hybridized carbons (Fsp3) is 0.842. The summed E-state index contributed by atoms with van der Waals surface area (Å²) in [4.78, 5) is 16.8. The third-order valence-electron chi connectivity index (χ3n) is 7.06. The SMILES string of the molecule is Cc1nonc1CC(=O)N(C)C[C@H]1C[C@]2(C)[C@@H](CCCC[C@]2(C)O)N1C. The lowest BCUT2D eigenvalue weighted by molar-refractivity contribution is -0.129. The number of nitrogens with zero attached hydrogens (tertiary/aromatic N) is 4. The third kappa shape index (κ3) is 3.27. The zero-order valence-electron chi connectivity index (χ0n) is 16.7. The van der Waals surface area contributed by atoms with Crippen LogP contribution >= 0.6 is 0 Å². The number of fused-ring (bicyclic) bond motifs is 1. The molecule has 0 radical (unpaired) electrons. The first-order valence-electron chi connectivity index (χ1n) is 9.62. The van der Waals surface area contributed by atoms with E-state index in [1.807, 2.05) is 14.0 Å². The standard InChI is InChI=1S/C19H32N4O3/c1-13-15(21-26-20-13)10-17(24)22(4)12-14-11-18(2)16(23(14)5)8-6-7-9-19(18,3)25/h14,16,25H,6-12H2,1-5H3/t14-,16-,18-,19+/m1/s1. The number of carbonyl (C=O) groups is 1. The van der Waals surface area contributed by atoms with Crippen molar-refractivity contribution in [1.29, 1.82) is 0 Å². The molecule has 1 saturated heterocycles. The van der Waals surface area contributed by atoms with Crippen LogP contribution < -0.4 is 0 Å². The number of aryl methyl sites for hydroxylation is 1. The van der Waals surface area contributed by atoms with E-state index in [9.17, 15) is 9.90 Å². The van der Waals surface area contributed by atoms with Gasteiger partial charge in [0, 0.05) is 31.1 Å². The highest BCUT2D eigenvalue weighted by Gasteiger charge is 2.57. The van der Waals surface area contributed by atoms with Gasteiger partial charge in [-0.25, -0.2) is 4.63 Å². The third-order valence-corrected chi connectivity index (χ3v) is 7.06. The molecule has 26 heavy (non-hydrogen) atoms. The number of hydrogen-bond acceptors (Lipinski definition) is 6. The van der Waals surface area contributed by atoms with Gasteiger partial charge in [0.15, 0.2) is 0 Å². The van der Waals surface area contributed by atoms with Gasteiger partial charge in [-0.3, -0.25) is 9.69 Å². The largest absolute Gasteiger partial charge is 0.390 e. The minimum atomic E-state index is -0.663. The topological polar surface area (TPSA) is 82.7 Å². The van der Waals surface area contributed by atoms with E-state index in [1.165, 1.54) is 0 Å². The number of amides is 1. The highest BCUT2D eigenvalue weighted by molar-refractivity contribution is 5.78. The monoisotopic (exact) mass is 364 g/mol. The van der Waals surface area contributed by atoms with Crippen LogP contribution in [-0.2, 0) is 11.2 Å². The zero-order valence-corrected chi connectivity index (χ0v) is 16.7. The molecule has 1 saturated carbocycles. The quantitative estimate of drug-likeness (QED) is 0.877. The van der Waals surface area contributed by atoms with Crippen LogP contribution in [0.5, 0.6) is 0 Å². The maximum absolute atomic E-state index is 12.6. The van der Waals surface area contributed by atoms with Crippen LogP contribution in [0, 0.1) is 12.3 Å². The van der Waals surface area contributed by atoms with E-state index in [4.69, 9.17) is 0 Å². The second-order valence-electron chi connectivity index (χ2n) is 8.72. The number of hydrogen-bond donors (Lipinski definition) is 1. The smallest absolute Gasteiger partial charge is 0.228 e. The average Bonchev–Trinajstić information content (AvgIpc) is 3.03. The van der Waals surface area contributed by atoms with Crippen molar-refractivity contribution in [1.82, 2.24) is 20.1 Å². The normalized spacial score (nSPS) is 35.2. The maximum Gasteiger partial charge on any atom is 0.228 e. The summed E-state index contributed by atoms with van der Waals surface area (Å²) in [6.07, 6.45) is 5.32. The van der Waals surface area contributed by atoms with Gasteiger partial charge in [0.1, 0.15) is 11.4 Å². The van der Waals surface area contributed by atoms with Crippen molar-refractivity contribution in [2.75, 3.05) is 20.6 Å². The summed E-state index contributed by atoms with van der Waals surface area (Å²) in [5, 5.41) is 18.7. The summed E-state index contributed by atoms with van der Waals surface area (Å²) < 4.78 is 4.68. The predicted molar refractivity (Wildman–Crippen MR) is 97.5 cm³/mol. The second kappa shape index (κ2) is 6.93. The summed E-state index contributed by atoms with van der Waals surface area (Å²) in [6, 6.07) is 0.607. The molecule has 2 fully saturated rings. The molecule has 0 bridgehead atoms. The summed E-state index contributed by atoms with van der Waals surface area (Å²) in [6.45, 7) is 6.67. The molecule has 146 valence electrons. The molecule has 1 aromatic heterocycles. The number of likely N-dealkylation sites (tertiary alicyclic amines) is 1. The number of aliphatic hydroxyl groups is 1. The van der Waals surface area contributed by atoms with Gasteiger partial charge < -0.3 is 10.0 Å². The van der Waals surface area contributed by atoms with Gasteiger partial charge >= 0.3 is 0 Å². The Balaban J connectivity index is 1.68. The van der Waals surface area contributed by atoms with E-state index in [0.717, 1.165) is 32.1 Å². The molecule has 1 amide bonds. The van der Waals surface area contributed by atoms with Crippen molar-refractivity contribution in [2.24, 2.45) is 5.41 Å². The Bertz CT molecular complexity index is 659. The molecule has 2 heterocycles. The van der Waals surface area contributed by atoms with E-state index >= 15 is 0 Å². The van der Waals surface area contributed by atoms with Crippen molar-refractivity contribution < 1.29 is 14.5 Å². The van der Waals surface area contributed by atoms with Crippen molar-refractivity contribution in [2.45, 2.75) is 77.0 Å². The zero-order chi connectivity index (χ0) is 19.1.